The lowest BCUT2D eigenvalue weighted by molar-refractivity contribution is 0.0732. The van der Waals surface area contributed by atoms with Gasteiger partial charge in [-0.2, -0.15) is 0 Å². The number of hydrogen-bond donors (Lipinski definition) is 2. The first-order valence-electron chi connectivity index (χ1n) is 8.57. The van der Waals surface area contributed by atoms with E-state index in [1.807, 2.05) is 6.07 Å². The summed E-state index contributed by atoms with van der Waals surface area (Å²) in [6, 6.07) is 12.6. The minimum atomic E-state index is -0.155. The smallest absolute Gasteiger partial charge is 0.129 e. The summed E-state index contributed by atoms with van der Waals surface area (Å²) in [4.78, 5) is 8.62. The molecule has 1 aromatic carbocycles. The van der Waals surface area contributed by atoms with Crippen molar-refractivity contribution in [3.8, 4) is 0 Å². The Morgan fingerprint density at radius 2 is 2.04 bits per heavy atom. The van der Waals surface area contributed by atoms with Crippen LogP contribution in [-0.2, 0) is 6.54 Å². The Morgan fingerprint density at radius 1 is 1.17 bits per heavy atom. The van der Waals surface area contributed by atoms with E-state index in [1.165, 1.54) is 10.9 Å². The number of para-hydroxylation sites is 1. The number of nitrogens with one attached hydrogen (secondary N) is 1. The third-order valence-corrected chi connectivity index (χ3v) is 4.78. The van der Waals surface area contributed by atoms with Crippen molar-refractivity contribution in [1.82, 2.24) is 14.5 Å². The highest BCUT2D eigenvalue weighted by atomic mass is 16.3. The molecule has 1 fully saturated rings. The first-order valence-corrected chi connectivity index (χ1v) is 8.57. The van der Waals surface area contributed by atoms with Crippen LogP contribution in [0.4, 0.5) is 5.82 Å². The van der Waals surface area contributed by atoms with Gasteiger partial charge in [-0.1, -0.05) is 18.2 Å². The zero-order chi connectivity index (χ0) is 16.4. The number of aliphatic hydroxyl groups excluding tert-OH is 1. The summed E-state index contributed by atoms with van der Waals surface area (Å²) in [5.41, 5.74) is 2.32. The lowest BCUT2D eigenvalue weighted by atomic mass is 9.80. The number of fused-ring (bicyclic) bond motifs is 1. The van der Waals surface area contributed by atoms with Gasteiger partial charge in [0, 0.05) is 42.5 Å². The molecule has 5 nitrogen and oxygen atoms in total. The number of aryl methyl sites for hydroxylation is 1. The molecule has 5 heteroatoms. The van der Waals surface area contributed by atoms with Gasteiger partial charge in [0.25, 0.3) is 0 Å². The standard InChI is InChI=1S/C19H22N4O/c24-16-10-15(11-16)17-12-19(22-13-21-17)20-7-3-8-23-9-6-14-4-1-2-5-18(14)23/h1-2,4-6,9,12-13,15-16,24H,3,7-8,10-11H2,(H,20,21,22). The largest absolute Gasteiger partial charge is 0.393 e. The van der Waals surface area contributed by atoms with Crippen molar-refractivity contribution in [1.29, 1.82) is 0 Å². The van der Waals surface area contributed by atoms with Crippen molar-refractivity contribution in [2.75, 3.05) is 11.9 Å². The highest BCUT2D eigenvalue weighted by Crippen LogP contribution is 2.35. The topological polar surface area (TPSA) is 63.0 Å². The van der Waals surface area contributed by atoms with Gasteiger partial charge < -0.3 is 15.0 Å². The van der Waals surface area contributed by atoms with E-state index in [1.54, 1.807) is 6.33 Å². The van der Waals surface area contributed by atoms with Crippen LogP contribution in [0.3, 0.4) is 0 Å². The zero-order valence-electron chi connectivity index (χ0n) is 13.6. The Morgan fingerprint density at radius 3 is 2.92 bits per heavy atom. The maximum absolute atomic E-state index is 9.43. The zero-order valence-corrected chi connectivity index (χ0v) is 13.6. The van der Waals surface area contributed by atoms with E-state index in [4.69, 9.17) is 0 Å². The maximum atomic E-state index is 9.43. The molecular weight excluding hydrogens is 300 g/mol. The van der Waals surface area contributed by atoms with E-state index in [2.05, 4.69) is 56.4 Å². The molecule has 0 aliphatic heterocycles. The van der Waals surface area contributed by atoms with Crippen molar-refractivity contribution < 1.29 is 5.11 Å². The number of aliphatic hydroxyl groups is 1. The third-order valence-electron chi connectivity index (χ3n) is 4.78. The molecule has 0 amide bonds. The van der Waals surface area contributed by atoms with Crippen LogP contribution < -0.4 is 5.32 Å². The quantitative estimate of drug-likeness (QED) is 0.684. The number of nitrogens with zero attached hydrogens (tertiary/aromatic N) is 3. The Balaban J connectivity index is 1.30. The maximum Gasteiger partial charge on any atom is 0.129 e. The predicted molar refractivity (Wildman–Crippen MR) is 95.1 cm³/mol. The normalized spacial score (nSPS) is 20.0. The molecule has 24 heavy (non-hydrogen) atoms. The molecule has 2 aromatic heterocycles. The average Bonchev–Trinajstić information content (AvgIpc) is 2.99. The highest BCUT2D eigenvalue weighted by molar-refractivity contribution is 5.79. The van der Waals surface area contributed by atoms with E-state index in [0.717, 1.165) is 43.9 Å². The molecule has 1 aliphatic carbocycles. The Kier molecular flexibility index (Phi) is 4.17. The van der Waals surface area contributed by atoms with Crippen LogP contribution in [-0.4, -0.2) is 32.3 Å². The highest BCUT2D eigenvalue weighted by Gasteiger charge is 2.29. The summed E-state index contributed by atoms with van der Waals surface area (Å²) < 4.78 is 2.29. The van der Waals surface area contributed by atoms with Gasteiger partial charge in [-0.05, 0) is 36.8 Å². The van der Waals surface area contributed by atoms with Crippen LogP contribution in [0.15, 0.2) is 48.9 Å². The fourth-order valence-corrected chi connectivity index (χ4v) is 3.32. The number of anilines is 1. The van der Waals surface area contributed by atoms with Crippen LogP contribution in [0.1, 0.15) is 30.9 Å². The first kappa shape index (κ1) is 15.1. The Labute approximate surface area is 141 Å². The van der Waals surface area contributed by atoms with Crippen LogP contribution in [0.5, 0.6) is 0 Å². The van der Waals surface area contributed by atoms with Gasteiger partial charge in [-0.3, -0.25) is 0 Å². The van der Waals surface area contributed by atoms with Gasteiger partial charge in [0.15, 0.2) is 0 Å². The van der Waals surface area contributed by atoms with Crippen LogP contribution in [0.2, 0.25) is 0 Å². The molecule has 0 spiro atoms. The minimum Gasteiger partial charge on any atom is -0.393 e. The van der Waals surface area contributed by atoms with Gasteiger partial charge in [0.1, 0.15) is 12.1 Å². The molecule has 1 saturated carbocycles. The molecular formula is C19H22N4O. The second-order valence-electron chi connectivity index (χ2n) is 6.50. The second-order valence-corrected chi connectivity index (χ2v) is 6.50. The number of benzene rings is 1. The molecule has 0 radical (unpaired) electrons. The molecule has 0 bridgehead atoms. The number of rotatable bonds is 6. The molecule has 2 heterocycles. The van der Waals surface area contributed by atoms with Crippen molar-refractivity contribution in [2.24, 2.45) is 0 Å². The lowest BCUT2D eigenvalue weighted by Crippen LogP contribution is -2.27. The average molecular weight is 322 g/mol. The lowest BCUT2D eigenvalue weighted by Gasteiger charge is -2.30. The fourth-order valence-electron chi connectivity index (χ4n) is 3.32. The number of aromatic nitrogens is 3. The van der Waals surface area contributed by atoms with E-state index in [9.17, 15) is 5.11 Å². The fraction of sp³-hybridized carbons (Fsp3) is 0.368. The molecule has 0 unspecified atom stereocenters. The SMILES string of the molecule is OC1CC(c2cc(NCCCn3ccc4ccccc43)ncn2)C1. The summed E-state index contributed by atoms with van der Waals surface area (Å²) in [7, 11) is 0. The summed E-state index contributed by atoms with van der Waals surface area (Å²) >= 11 is 0. The second kappa shape index (κ2) is 6.61. The minimum absolute atomic E-state index is 0.155. The molecule has 0 saturated heterocycles. The van der Waals surface area contributed by atoms with Gasteiger partial charge in [-0.25, -0.2) is 9.97 Å². The van der Waals surface area contributed by atoms with E-state index < -0.39 is 0 Å². The van der Waals surface area contributed by atoms with Gasteiger partial charge >= 0.3 is 0 Å². The molecule has 4 rings (SSSR count). The Hall–Kier alpha value is -2.40. The van der Waals surface area contributed by atoms with Gasteiger partial charge in [0.05, 0.1) is 6.10 Å². The summed E-state index contributed by atoms with van der Waals surface area (Å²) in [6.45, 7) is 1.85. The van der Waals surface area contributed by atoms with Crippen LogP contribution in [0, 0.1) is 0 Å². The molecule has 124 valence electrons. The molecule has 2 N–H and O–H groups in total. The van der Waals surface area contributed by atoms with Gasteiger partial charge in [-0.15, -0.1) is 0 Å². The molecule has 1 aliphatic rings. The monoisotopic (exact) mass is 322 g/mol. The van der Waals surface area contributed by atoms with E-state index in [-0.39, 0.29) is 6.10 Å². The van der Waals surface area contributed by atoms with Crippen molar-refractivity contribution in [2.45, 2.75) is 37.8 Å². The summed E-state index contributed by atoms with van der Waals surface area (Å²) in [6.07, 6.45) is 6.27. The first-order chi connectivity index (χ1) is 11.8. The van der Waals surface area contributed by atoms with E-state index in [0.29, 0.717) is 5.92 Å². The molecule has 3 aromatic rings. The Bertz CT molecular complexity index is 823. The van der Waals surface area contributed by atoms with Crippen LogP contribution >= 0.6 is 0 Å². The summed E-state index contributed by atoms with van der Waals surface area (Å²) in [5.74, 6) is 1.26. The predicted octanol–water partition coefficient (Wildman–Crippen LogP) is 3.17. The van der Waals surface area contributed by atoms with Crippen LogP contribution in [0.25, 0.3) is 10.9 Å². The summed E-state index contributed by atoms with van der Waals surface area (Å²) in [5, 5.41) is 14.1. The van der Waals surface area contributed by atoms with Crippen molar-refractivity contribution >= 4 is 16.7 Å². The van der Waals surface area contributed by atoms with E-state index >= 15 is 0 Å². The van der Waals surface area contributed by atoms with Gasteiger partial charge in [0.2, 0.25) is 0 Å². The van der Waals surface area contributed by atoms with Crippen molar-refractivity contribution in [3.63, 3.8) is 0 Å². The molecule has 0 atom stereocenters. The third kappa shape index (κ3) is 3.12. The van der Waals surface area contributed by atoms with Crippen molar-refractivity contribution in [3.05, 3.63) is 54.6 Å². The number of hydrogen-bond acceptors (Lipinski definition) is 4.